The molecule has 8 nitrogen and oxygen atoms in total. The Labute approximate surface area is 269 Å². The molecule has 47 heavy (non-hydrogen) atoms. The van der Waals surface area contributed by atoms with E-state index in [0.29, 0.717) is 18.1 Å². The molecule has 0 spiro atoms. The third kappa shape index (κ3) is 9.66. The first-order valence-corrected chi connectivity index (χ1v) is 14.6. The SMILES string of the molecule is C=CCC[C@@](OCc1ccccc1)(c1nnc(-c2nc(CC(C)(C)CC=C)c(C(F)(F)F)cc2NC(=O)OC(C)(C)C)o1)C(F)(F)F. The van der Waals surface area contributed by atoms with Crippen LogP contribution in [0.3, 0.4) is 0 Å². The molecule has 0 fully saturated rings. The van der Waals surface area contributed by atoms with Crippen LogP contribution < -0.4 is 5.32 Å². The molecular weight excluding hydrogens is 630 g/mol. The molecule has 3 aromatic rings. The van der Waals surface area contributed by atoms with Gasteiger partial charge in [0.25, 0.3) is 11.8 Å². The van der Waals surface area contributed by atoms with Crippen LogP contribution in [0.2, 0.25) is 0 Å². The fourth-order valence-electron chi connectivity index (χ4n) is 4.67. The highest BCUT2D eigenvalue weighted by molar-refractivity contribution is 5.89. The van der Waals surface area contributed by atoms with Gasteiger partial charge in [-0.1, -0.05) is 56.3 Å². The number of benzene rings is 1. The minimum absolute atomic E-state index is 0.168. The van der Waals surface area contributed by atoms with Gasteiger partial charge in [0, 0.05) is 0 Å². The summed E-state index contributed by atoms with van der Waals surface area (Å²) < 4.78 is 104. The quantitative estimate of drug-likeness (QED) is 0.143. The van der Waals surface area contributed by atoms with Crippen LogP contribution >= 0.6 is 0 Å². The molecule has 2 heterocycles. The second-order valence-electron chi connectivity index (χ2n) is 12.7. The highest BCUT2D eigenvalue weighted by Gasteiger charge is 2.61. The Morgan fingerprint density at radius 3 is 2.19 bits per heavy atom. The first-order chi connectivity index (χ1) is 21.7. The maximum absolute atomic E-state index is 14.9. The predicted octanol–water partition coefficient (Wildman–Crippen LogP) is 9.58. The van der Waals surface area contributed by atoms with Crippen molar-refractivity contribution in [2.75, 3.05) is 5.32 Å². The van der Waals surface area contributed by atoms with Crippen LogP contribution in [-0.2, 0) is 34.3 Å². The summed E-state index contributed by atoms with van der Waals surface area (Å²) in [5.41, 5.74) is -7.18. The maximum atomic E-state index is 14.9. The van der Waals surface area contributed by atoms with Crippen molar-refractivity contribution in [1.82, 2.24) is 15.2 Å². The number of rotatable bonds is 13. The van der Waals surface area contributed by atoms with E-state index in [1.165, 1.54) is 26.8 Å². The standard InChI is InChI=1S/C33H38F6N4O4/c1-8-10-17-31(33(37,38)39,45-20-21-14-12-11-13-15-21)27-43-42-26(46-27)25-23(41-28(44)47-29(3,4)5)18-22(32(34,35)36)24(40-25)19-30(6,7)16-9-2/h8-9,11-15,18H,1-2,10,16-17,19-20H2,3-7H3,(H,41,44)/t31-/m1/s1. The number of alkyl halides is 6. The highest BCUT2D eigenvalue weighted by Crippen LogP contribution is 2.47. The van der Waals surface area contributed by atoms with Gasteiger partial charge in [0.2, 0.25) is 5.60 Å². The summed E-state index contributed by atoms with van der Waals surface area (Å²) in [5.74, 6) is -1.69. The molecule has 3 rings (SSSR count). The first-order valence-electron chi connectivity index (χ1n) is 14.6. The van der Waals surface area contributed by atoms with Gasteiger partial charge < -0.3 is 13.9 Å². The fraction of sp³-hybridized carbons (Fsp3) is 0.455. The number of allylic oxidation sites excluding steroid dienone is 2. The Morgan fingerprint density at radius 2 is 1.64 bits per heavy atom. The number of nitrogens with zero attached hydrogens (tertiary/aromatic N) is 3. The molecule has 0 radical (unpaired) electrons. The van der Waals surface area contributed by atoms with E-state index in [9.17, 15) is 31.1 Å². The summed E-state index contributed by atoms with van der Waals surface area (Å²) in [6.07, 6.45) is -9.10. The number of carbonyl (C=O) groups is 1. The van der Waals surface area contributed by atoms with E-state index in [-0.39, 0.29) is 12.8 Å². The number of ether oxygens (including phenoxy) is 2. The van der Waals surface area contributed by atoms with E-state index in [1.54, 1.807) is 50.3 Å². The molecule has 14 heteroatoms. The average molecular weight is 669 g/mol. The van der Waals surface area contributed by atoms with Gasteiger partial charge in [-0.2, -0.15) is 26.3 Å². The number of hydrogen-bond donors (Lipinski definition) is 1. The summed E-state index contributed by atoms with van der Waals surface area (Å²) in [6, 6.07) is 8.72. The van der Waals surface area contributed by atoms with E-state index in [4.69, 9.17) is 13.9 Å². The zero-order chi connectivity index (χ0) is 35.3. The van der Waals surface area contributed by atoms with Gasteiger partial charge in [-0.3, -0.25) is 5.32 Å². The van der Waals surface area contributed by atoms with Crippen molar-refractivity contribution in [3.63, 3.8) is 0 Å². The molecule has 0 bridgehead atoms. The molecule has 0 unspecified atom stereocenters. The number of carbonyl (C=O) groups excluding carboxylic acids is 1. The molecule has 1 aromatic carbocycles. The maximum Gasteiger partial charge on any atom is 0.426 e. The molecule has 1 amide bonds. The summed E-state index contributed by atoms with van der Waals surface area (Å²) in [6.45, 7) is 14.7. The van der Waals surface area contributed by atoms with Gasteiger partial charge in [-0.25, -0.2) is 9.78 Å². The Morgan fingerprint density at radius 1 is 0.979 bits per heavy atom. The summed E-state index contributed by atoms with van der Waals surface area (Å²) >= 11 is 0. The number of pyridine rings is 1. The molecule has 0 aliphatic rings. The van der Waals surface area contributed by atoms with Crippen LogP contribution in [-0.4, -0.2) is 33.1 Å². The van der Waals surface area contributed by atoms with Crippen LogP contribution in [0.5, 0.6) is 0 Å². The Balaban J connectivity index is 2.25. The van der Waals surface area contributed by atoms with E-state index in [2.05, 4.69) is 33.7 Å². The Bertz CT molecular complexity index is 1550. The second kappa shape index (κ2) is 14.3. The van der Waals surface area contributed by atoms with E-state index < -0.39 is 82.5 Å². The lowest BCUT2D eigenvalue weighted by Crippen LogP contribution is -2.45. The number of aromatic nitrogens is 3. The van der Waals surface area contributed by atoms with Crippen LogP contribution in [0.1, 0.15) is 76.6 Å². The largest absolute Gasteiger partial charge is 0.444 e. The smallest absolute Gasteiger partial charge is 0.426 e. The number of nitrogens with one attached hydrogen (secondary N) is 1. The topological polar surface area (TPSA) is 99.4 Å². The van der Waals surface area contributed by atoms with Gasteiger partial charge in [0.05, 0.1) is 23.6 Å². The van der Waals surface area contributed by atoms with Crippen LogP contribution in [0.15, 0.2) is 66.1 Å². The first kappa shape index (κ1) is 37.3. The lowest BCUT2D eigenvalue weighted by Gasteiger charge is -2.32. The van der Waals surface area contributed by atoms with Crippen molar-refractivity contribution < 1.29 is 45.0 Å². The molecule has 1 N–H and O–H groups in total. The summed E-state index contributed by atoms with van der Waals surface area (Å²) in [5, 5.41) is 9.65. The van der Waals surface area contributed by atoms with Gasteiger partial charge in [-0.15, -0.1) is 23.4 Å². The van der Waals surface area contributed by atoms with E-state index in [0.717, 1.165) is 0 Å². The lowest BCUT2D eigenvalue weighted by molar-refractivity contribution is -0.299. The lowest BCUT2D eigenvalue weighted by atomic mass is 9.83. The minimum Gasteiger partial charge on any atom is -0.444 e. The number of anilines is 1. The summed E-state index contributed by atoms with van der Waals surface area (Å²) in [7, 11) is 0. The van der Waals surface area contributed by atoms with Crippen LogP contribution in [0.25, 0.3) is 11.6 Å². The second-order valence-corrected chi connectivity index (χ2v) is 12.7. The van der Waals surface area contributed by atoms with E-state index >= 15 is 0 Å². The monoisotopic (exact) mass is 668 g/mol. The highest BCUT2D eigenvalue weighted by atomic mass is 19.4. The number of halogens is 6. The van der Waals surface area contributed by atoms with Crippen LogP contribution in [0, 0.1) is 5.41 Å². The molecule has 2 aromatic heterocycles. The van der Waals surface area contributed by atoms with Gasteiger partial charge in [-0.05, 0) is 63.5 Å². The van der Waals surface area contributed by atoms with Gasteiger partial charge in [0.15, 0.2) is 5.69 Å². The Hall–Kier alpha value is -4.20. The molecule has 256 valence electrons. The van der Waals surface area contributed by atoms with E-state index in [1.807, 2.05) is 0 Å². The van der Waals surface area contributed by atoms with Crippen molar-refractivity contribution in [3.05, 3.63) is 84.4 Å². The third-order valence-corrected chi connectivity index (χ3v) is 6.84. The molecule has 1 atom stereocenters. The minimum atomic E-state index is -5.08. The molecular formula is C33H38F6N4O4. The Kier molecular flexibility index (Phi) is 11.3. The number of amides is 1. The van der Waals surface area contributed by atoms with Crippen molar-refractivity contribution in [2.45, 2.75) is 90.5 Å². The van der Waals surface area contributed by atoms with Crippen LogP contribution in [0.4, 0.5) is 36.8 Å². The fourth-order valence-corrected chi connectivity index (χ4v) is 4.67. The van der Waals surface area contributed by atoms with Gasteiger partial charge in [0.1, 0.15) is 5.60 Å². The van der Waals surface area contributed by atoms with Crippen molar-refractivity contribution in [1.29, 1.82) is 0 Å². The normalized spacial score (nSPS) is 13.9. The number of hydrogen-bond acceptors (Lipinski definition) is 7. The van der Waals surface area contributed by atoms with Crippen molar-refractivity contribution >= 4 is 11.8 Å². The van der Waals surface area contributed by atoms with Crippen molar-refractivity contribution in [3.8, 4) is 11.6 Å². The predicted molar refractivity (Wildman–Crippen MR) is 163 cm³/mol. The zero-order valence-corrected chi connectivity index (χ0v) is 26.8. The third-order valence-electron chi connectivity index (χ3n) is 6.84. The molecule has 0 aliphatic carbocycles. The van der Waals surface area contributed by atoms with Gasteiger partial charge >= 0.3 is 18.4 Å². The molecule has 0 saturated heterocycles. The zero-order valence-electron chi connectivity index (χ0n) is 26.8. The summed E-state index contributed by atoms with van der Waals surface area (Å²) in [4.78, 5) is 16.9. The van der Waals surface area contributed by atoms with Crippen molar-refractivity contribution in [2.24, 2.45) is 5.41 Å². The average Bonchev–Trinajstić information content (AvgIpc) is 3.42. The molecule has 0 saturated carbocycles. The molecule has 0 aliphatic heterocycles.